The second-order valence-corrected chi connectivity index (χ2v) is 10.2. The second kappa shape index (κ2) is 20.6. The molecule has 0 heterocycles. The maximum atomic E-state index is 6.56. The molecule has 1 aromatic carbocycles. The molecule has 2 unspecified atom stereocenters. The Morgan fingerprint density at radius 1 is 0.727 bits per heavy atom. The number of hydrogen-bond donors (Lipinski definition) is 1. The van der Waals surface area contributed by atoms with Gasteiger partial charge in [0.05, 0.1) is 0 Å². The Hall–Kier alpha value is -0.730. The van der Waals surface area contributed by atoms with Crippen LogP contribution in [0.1, 0.15) is 142 Å². The highest BCUT2D eigenvalue weighted by molar-refractivity contribution is 5.85. The molecule has 0 amide bonds. The first kappa shape index (κ1) is 32.3. The molecule has 2 N–H and O–H groups in total. The molecule has 0 radical (unpaired) electrons. The van der Waals surface area contributed by atoms with E-state index in [1.807, 2.05) is 19.1 Å². The van der Waals surface area contributed by atoms with Crippen molar-refractivity contribution in [2.45, 2.75) is 149 Å². The molecular weight excluding hydrogens is 426 g/mol. The highest BCUT2D eigenvalue weighted by atomic mass is 35.5. The van der Waals surface area contributed by atoms with E-state index in [2.05, 4.69) is 32.9 Å². The third kappa shape index (κ3) is 15.7. The van der Waals surface area contributed by atoms with Crippen LogP contribution in [-0.4, -0.2) is 5.72 Å². The summed E-state index contributed by atoms with van der Waals surface area (Å²) < 4.78 is 6.24. The summed E-state index contributed by atoms with van der Waals surface area (Å²) in [5, 5.41) is 0. The van der Waals surface area contributed by atoms with Crippen LogP contribution in [0, 0.1) is 5.92 Å². The summed E-state index contributed by atoms with van der Waals surface area (Å²) in [4.78, 5) is 0. The van der Waals surface area contributed by atoms with Gasteiger partial charge in [-0.2, -0.15) is 0 Å². The minimum atomic E-state index is -0.610. The van der Waals surface area contributed by atoms with E-state index >= 15 is 0 Å². The maximum absolute atomic E-state index is 6.56. The Kier molecular flexibility index (Phi) is 20.2. The number of unbranched alkanes of at least 4 members (excludes halogenated alkanes) is 15. The number of halogens is 1. The number of para-hydroxylation sites is 1. The molecule has 0 aliphatic heterocycles. The predicted octanol–water partition coefficient (Wildman–Crippen LogP) is 10.0. The molecule has 0 bridgehead atoms. The van der Waals surface area contributed by atoms with Crippen molar-refractivity contribution < 1.29 is 4.74 Å². The van der Waals surface area contributed by atoms with Gasteiger partial charge in [0, 0.05) is 5.92 Å². The molecule has 194 valence electrons. The molecular formula is C30H56ClNO. The summed E-state index contributed by atoms with van der Waals surface area (Å²) in [5.74, 6) is 1.29. The molecule has 1 rings (SSSR count). The van der Waals surface area contributed by atoms with Gasteiger partial charge in [0.2, 0.25) is 0 Å². The normalized spacial score (nSPS) is 13.8. The van der Waals surface area contributed by atoms with Crippen molar-refractivity contribution >= 4 is 12.4 Å². The first-order valence-corrected chi connectivity index (χ1v) is 14.1. The highest BCUT2D eigenvalue weighted by Crippen LogP contribution is 2.28. The van der Waals surface area contributed by atoms with E-state index in [4.69, 9.17) is 10.5 Å². The van der Waals surface area contributed by atoms with E-state index in [0.29, 0.717) is 5.92 Å². The van der Waals surface area contributed by atoms with Gasteiger partial charge in [0.15, 0.2) is 5.72 Å². The second-order valence-electron chi connectivity index (χ2n) is 10.2. The van der Waals surface area contributed by atoms with Gasteiger partial charge in [-0.1, -0.05) is 142 Å². The van der Waals surface area contributed by atoms with Crippen molar-refractivity contribution in [1.29, 1.82) is 0 Å². The summed E-state index contributed by atoms with van der Waals surface area (Å²) in [6.45, 7) is 8.73. The van der Waals surface area contributed by atoms with Crippen LogP contribution in [0.25, 0.3) is 0 Å². The van der Waals surface area contributed by atoms with Gasteiger partial charge < -0.3 is 4.74 Å². The van der Waals surface area contributed by atoms with Crippen molar-refractivity contribution in [3.63, 3.8) is 0 Å². The molecule has 0 spiro atoms. The van der Waals surface area contributed by atoms with E-state index in [-0.39, 0.29) is 12.4 Å². The number of ether oxygens (including phenoxy) is 1. The molecule has 33 heavy (non-hydrogen) atoms. The SMILES string of the molecule is CCCCCCCCCCCCCCCCCCC(C)C(C)(N)Oc1ccccc1CC.Cl. The average molecular weight is 482 g/mol. The third-order valence-electron chi connectivity index (χ3n) is 7.15. The smallest absolute Gasteiger partial charge is 0.158 e. The van der Waals surface area contributed by atoms with Crippen LogP contribution in [0.4, 0.5) is 0 Å². The molecule has 0 saturated carbocycles. The van der Waals surface area contributed by atoms with Gasteiger partial charge in [0.25, 0.3) is 0 Å². The lowest BCUT2D eigenvalue weighted by molar-refractivity contribution is 0.0334. The maximum Gasteiger partial charge on any atom is 0.158 e. The van der Waals surface area contributed by atoms with Gasteiger partial charge in [-0.25, -0.2) is 0 Å². The molecule has 0 saturated heterocycles. The fourth-order valence-electron chi connectivity index (χ4n) is 4.52. The van der Waals surface area contributed by atoms with E-state index < -0.39 is 5.72 Å². The fraction of sp³-hybridized carbons (Fsp3) is 0.800. The van der Waals surface area contributed by atoms with Crippen molar-refractivity contribution in [1.82, 2.24) is 0 Å². The molecule has 2 nitrogen and oxygen atoms in total. The Balaban J connectivity index is 0.0000102. The summed E-state index contributed by atoms with van der Waals surface area (Å²) in [5.41, 5.74) is 7.18. The molecule has 0 fully saturated rings. The summed E-state index contributed by atoms with van der Waals surface area (Å²) >= 11 is 0. The standard InChI is InChI=1S/C30H55NO.ClH/c1-5-7-8-9-10-11-12-13-14-15-16-17-18-19-20-21-24-27(3)30(4,31)32-29-26-23-22-25-28(29)6-2;/h22-23,25-27H,5-21,24,31H2,1-4H3;1H. The first-order chi connectivity index (χ1) is 15.5. The zero-order chi connectivity index (χ0) is 23.5. The van der Waals surface area contributed by atoms with Gasteiger partial charge in [-0.15, -0.1) is 12.4 Å². The van der Waals surface area contributed by atoms with Crippen LogP contribution in [0.3, 0.4) is 0 Å². The number of aryl methyl sites for hydroxylation is 1. The van der Waals surface area contributed by atoms with Gasteiger partial charge >= 0.3 is 0 Å². The van der Waals surface area contributed by atoms with Crippen molar-refractivity contribution in [2.75, 3.05) is 0 Å². The monoisotopic (exact) mass is 481 g/mol. The summed E-state index contributed by atoms with van der Waals surface area (Å²) in [7, 11) is 0. The minimum absolute atomic E-state index is 0. The molecule has 3 heteroatoms. The molecule has 1 aromatic rings. The molecule has 0 aliphatic carbocycles. The van der Waals surface area contributed by atoms with Crippen molar-refractivity contribution in [3.05, 3.63) is 29.8 Å². The molecule has 2 atom stereocenters. The number of rotatable bonds is 21. The van der Waals surface area contributed by atoms with Crippen LogP contribution >= 0.6 is 12.4 Å². The highest BCUT2D eigenvalue weighted by Gasteiger charge is 2.28. The van der Waals surface area contributed by atoms with Crippen LogP contribution in [0.5, 0.6) is 5.75 Å². The van der Waals surface area contributed by atoms with E-state index in [1.54, 1.807) is 0 Å². The first-order valence-electron chi connectivity index (χ1n) is 14.1. The molecule has 0 aromatic heterocycles. The predicted molar refractivity (Wildman–Crippen MR) is 150 cm³/mol. The Morgan fingerprint density at radius 3 is 1.61 bits per heavy atom. The number of nitrogens with two attached hydrogens (primary N) is 1. The topological polar surface area (TPSA) is 35.2 Å². The zero-order valence-corrected chi connectivity index (χ0v) is 23.3. The summed E-state index contributed by atoms with van der Waals surface area (Å²) in [6, 6.07) is 8.28. The zero-order valence-electron chi connectivity index (χ0n) is 22.5. The minimum Gasteiger partial charge on any atom is -0.473 e. The van der Waals surface area contributed by atoms with Gasteiger partial charge in [-0.3, -0.25) is 5.73 Å². The summed E-state index contributed by atoms with van der Waals surface area (Å²) in [6.07, 6.45) is 24.7. The van der Waals surface area contributed by atoms with Crippen molar-refractivity contribution in [3.8, 4) is 5.75 Å². The molecule has 0 aliphatic rings. The number of hydrogen-bond acceptors (Lipinski definition) is 2. The number of benzene rings is 1. The third-order valence-corrected chi connectivity index (χ3v) is 7.15. The van der Waals surface area contributed by atoms with Crippen LogP contribution in [-0.2, 0) is 6.42 Å². The fourth-order valence-corrected chi connectivity index (χ4v) is 4.52. The van der Waals surface area contributed by atoms with Crippen LogP contribution in [0.15, 0.2) is 24.3 Å². The lowest BCUT2D eigenvalue weighted by atomic mass is 9.93. The quantitative estimate of drug-likeness (QED) is 0.140. The van der Waals surface area contributed by atoms with E-state index in [1.165, 1.54) is 108 Å². The Morgan fingerprint density at radius 2 is 1.15 bits per heavy atom. The van der Waals surface area contributed by atoms with Gasteiger partial charge in [-0.05, 0) is 31.4 Å². The Bertz CT molecular complexity index is 560. The average Bonchev–Trinajstić information content (AvgIpc) is 2.78. The van der Waals surface area contributed by atoms with E-state index in [9.17, 15) is 0 Å². The van der Waals surface area contributed by atoms with Crippen molar-refractivity contribution in [2.24, 2.45) is 11.7 Å². The lowest BCUT2D eigenvalue weighted by Gasteiger charge is -2.33. The van der Waals surface area contributed by atoms with E-state index in [0.717, 1.165) is 18.6 Å². The Labute approximate surface area is 213 Å². The van der Waals surface area contributed by atoms with Gasteiger partial charge in [0.1, 0.15) is 5.75 Å². The van der Waals surface area contributed by atoms with Crippen LogP contribution < -0.4 is 10.5 Å². The lowest BCUT2D eigenvalue weighted by Crippen LogP contribution is -2.48. The van der Waals surface area contributed by atoms with Crippen LogP contribution in [0.2, 0.25) is 0 Å². The largest absolute Gasteiger partial charge is 0.473 e.